The summed E-state index contributed by atoms with van der Waals surface area (Å²) in [7, 11) is 1.62. The van der Waals surface area contributed by atoms with E-state index in [4.69, 9.17) is 4.74 Å². The van der Waals surface area contributed by atoms with Crippen LogP contribution in [0, 0.1) is 12.7 Å². The Kier molecular flexibility index (Phi) is 5.19. The van der Waals surface area contributed by atoms with Gasteiger partial charge in [0.05, 0.1) is 12.3 Å². The monoisotopic (exact) mass is 291 g/mol. The van der Waals surface area contributed by atoms with Crippen LogP contribution >= 0.6 is 0 Å². The van der Waals surface area contributed by atoms with Gasteiger partial charge in [-0.2, -0.15) is 0 Å². The lowest BCUT2D eigenvalue weighted by molar-refractivity contribution is 0.199. The topological polar surface area (TPSA) is 67.0 Å². The number of aromatic amines is 1. The number of nitrogens with one attached hydrogen (secondary N) is 2. The number of benzene rings is 1. The fourth-order valence-electron chi connectivity index (χ4n) is 1.87. The van der Waals surface area contributed by atoms with Crippen LogP contribution in [0.4, 0.5) is 4.39 Å². The zero-order valence-electron chi connectivity index (χ0n) is 12.1. The van der Waals surface area contributed by atoms with Crippen molar-refractivity contribution >= 4 is 0 Å². The maximum absolute atomic E-state index is 13.6. The minimum Gasteiger partial charge on any atom is -0.383 e. The fraction of sp³-hybridized carbons (Fsp3) is 0.333. The maximum atomic E-state index is 13.6. The molecule has 0 amide bonds. The predicted molar refractivity (Wildman–Crippen MR) is 78.6 cm³/mol. The van der Waals surface area contributed by atoms with Gasteiger partial charge in [0.15, 0.2) is 0 Å². The molecular formula is C15H18FN3O2. The van der Waals surface area contributed by atoms with Crippen LogP contribution in [0.1, 0.15) is 11.3 Å². The minimum absolute atomic E-state index is 0.260. The molecule has 0 saturated heterocycles. The van der Waals surface area contributed by atoms with Crippen molar-refractivity contribution in [1.29, 1.82) is 0 Å². The number of nitrogens with zero attached hydrogens (tertiary/aromatic N) is 1. The van der Waals surface area contributed by atoms with Crippen molar-refractivity contribution in [1.82, 2.24) is 15.3 Å². The van der Waals surface area contributed by atoms with Gasteiger partial charge in [0.2, 0.25) is 0 Å². The number of ether oxygens (including phenoxy) is 1. The van der Waals surface area contributed by atoms with Gasteiger partial charge in [0.25, 0.3) is 5.56 Å². The second-order valence-electron chi connectivity index (χ2n) is 4.72. The number of rotatable bonds is 6. The van der Waals surface area contributed by atoms with E-state index in [1.807, 2.05) is 0 Å². The molecule has 1 heterocycles. The Bertz CT molecular complexity index is 670. The molecule has 1 aromatic heterocycles. The van der Waals surface area contributed by atoms with Crippen LogP contribution in [0.5, 0.6) is 0 Å². The number of methoxy groups -OCH3 is 1. The highest BCUT2D eigenvalue weighted by atomic mass is 19.1. The van der Waals surface area contributed by atoms with E-state index in [1.54, 1.807) is 26.2 Å². The van der Waals surface area contributed by atoms with Crippen LogP contribution in [-0.2, 0) is 11.3 Å². The van der Waals surface area contributed by atoms with Gasteiger partial charge in [-0.05, 0) is 18.6 Å². The van der Waals surface area contributed by atoms with E-state index >= 15 is 0 Å². The molecule has 112 valence electrons. The lowest BCUT2D eigenvalue weighted by Gasteiger charge is -2.07. The zero-order chi connectivity index (χ0) is 15.2. The van der Waals surface area contributed by atoms with Crippen LogP contribution in [-0.4, -0.2) is 30.2 Å². The molecule has 2 aromatic rings. The van der Waals surface area contributed by atoms with E-state index in [1.165, 1.54) is 12.1 Å². The zero-order valence-corrected chi connectivity index (χ0v) is 12.1. The van der Waals surface area contributed by atoms with E-state index in [2.05, 4.69) is 15.3 Å². The summed E-state index contributed by atoms with van der Waals surface area (Å²) in [6, 6.07) is 6.19. The molecule has 0 aliphatic rings. The van der Waals surface area contributed by atoms with E-state index < -0.39 is 0 Å². The summed E-state index contributed by atoms with van der Waals surface area (Å²) in [5, 5.41) is 3.11. The third-order valence-corrected chi connectivity index (χ3v) is 3.03. The minimum atomic E-state index is -0.321. The van der Waals surface area contributed by atoms with Gasteiger partial charge >= 0.3 is 0 Å². The second-order valence-corrected chi connectivity index (χ2v) is 4.72. The molecule has 0 aliphatic carbocycles. The number of H-pyrrole nitrogens is 1. The quantitative estimate of drug-likeness (QED) is 0.794. The molecule has 0 saturated carbocycles. The average Bonchev–Trinajstić information content (AvgIpc) is 2.46. The highest BCUT2D eigenvalue weighted by Crippen LogP contribution is 2.17. The normalized spacial score (nSPS) is 10.8. The van der Waals surface area contributed by atoms with Gasteiger partial charge in [0.1, 0.15) is 11.6 Å². The molecule has 21 heavy (non-hydrogen) atoms. The standard InChI is InChI=1S/C15H18FN3O2/c1-10-3-4-11(7-13(10)16)15-18-12(8-14(20)19-15)9-17-5-6-21-2/h3-4,7-8,17H,5-6,9H2,1-2H3,(H,18,19,20). The smallest absolute Gasteiger partial charge is 0.251 e. The van der Waals surface area contributed by atoms with E-state index in [9.17, 15) is 9.18 Å². The van der Waals surface area contributed by atoms with Gasteiger partial charge in [-0.25, -0.2) is 9.37 Å². The number of aryl methyl sites for hydroxylation is 1. The Morgan fingerprint density at radius 3 is 2.90 bits per heavy atom. The van der Waals surface area contributed by atoms with E-state index in [0.29, 0.717) is 42.3 Å². The van der Waals surface area contributed by atoms with Crippen LogP contribution in [0.25, 0.3) is 11.4 Å². The Morgan fingerprint density at radius 1 is 1.38 bits per heavy atom. The highest BCUT2D eigenvalue weighted by molar-refractivity contribution is 5.55. The first-order valence-corrected chi connectivity index (χ1v) is 6.66. The Morgan fingerprint density at radius 2 is 2.19 bits per heavy atom. The molecular weight excluding hydrogens is 273 g/mol. The molecule has 0 bridgehead atoms. The molecule has 2 rings (SSSR count). The van der Waals surface area contributed by atoms with Gasteiger partial charge in [-0.1, -0.05) is 12.1 Å². The van der Waals surface area contributed by atoms with Crippen molar-refractivity contribution in [2.45, 2.75) is 13.5 Å². The third-order valence-electron chi connectivity index (χ3n) is 3.03. The number of halogens is 1. The summed E-state index contributed by atoms with van der Waals surface area (Å²) < 4.78 is 18.5. The van der Waals surface area contributed by atoms with Crippen molar-refractivity contribution in [2.24, 2.45) is 0 Å². The number of hydrogen-bond acceptors (Lipinski definition) is 4. The fourth-order valence-corrected chi connectivity index (χ4v) is 1.87. The molecule has 0 unspecified atom stereocenters. The first-order valence-electron chi connectivity index (χ1n) is 6.66. The Balaban J connectivity index is 2.21. The van der Waals surface area contributed by atoms with Crippen molar-refractivity contribution in [3.63, 3.8) is 0 Å². The first kappa shape index (κ1) is 15.3. The number of aromatic nitrogens is 2. The Labute approximate surface area is 122 Å². The molecule has 0 radical (unpaired) electrons. The van der Waals surface area contributed by atoms with Crippen LogP contribution in [0.15, 0.2) is 29.1 Å². The second kappa shape index (κ2) is 7.10. The SMILES string of the molecule is COCCNCc1cc(=O)[nH]c(-c2ccc(C)c(F)c2)n1. The van der Waals surface area contributed by atoms with Gasteiger partial charge in [0, 0.05) is 31.8 Å². The average molecular weight is 291 g/mol. The summed E-state index contributed by atoms with van der Waals surface area (Å²) >= 11 is 0. The van der Waals surface area contributed by atoms with Crippen molar-refractivity contribution in [3.05, 3.63) is 51.7 Å². The first-order chi connectivity index (χ1) is 10.1. The maximum Gasteiger partial charge on any atom is 0.251 e. The molecule has 0 atom stereocenters. The lowest BCUT2D eigenvalue weighted by atomic mass is 10.1. The Hall–Kier alpha value is -2.05. The van der Waals surface area contributed by atoms with Crippen molar-refractivity contribution < 1.29 is 9.13 Å². The van der Waals surface area contributed by atoms with Crippen LogP contribution in [0.2, 0.25) is 0 Å². The molecule has 0 fully saturated rings. The van der Waals surface area contributed by atoms with E-state index in [-0.39, 0.29) is 11.4 Å². The van der Waals surface area contributed by atoms with Crippen LogP contribution in [0.3, 0.4) is 0 Å². The molecule has 5 nitrogen and oxygen atoms in total. The summed E-state index contributed by atoms with van der Waals surface area (Å²) in [6.07, 6.45) is 0. The van der Waals surface area contributed by atoms with Gasteiger partial charge in [-0.15, -0.1) is 0 Å². The predicted octanol–water partition coefficient (Wildman–Crippen LogP) is 1.62. The summed E-state index contributed by atoms with van der Waals surface area (Å²) in [5.41, 5.74) is 1.45. The van der Waals surface area contributed by atoms with E-state index in [0.717, 1.165) is 0 Å². The summed E-state index contributed by atoms with van der Waals surface area (Å²) in [6.45, 7) is 3.39. The van der Waals surface area contributed by atoms with Gasteiger partial charge < -0.3 is 15.0 Å². The van der Waals surface area contributed by atoms with Crippen molar-refractivity contribution in [3.8, 4) is 11.4 Å². The largest absolute Gasteiger partial charge is 0.383 e. The van der Waals surface area contributed by atoms with Gasteiger partial charge in [-0.3, -0.25) is 4.79 Å². The lowest BCUT2D eigenvalue weighted by Crippen LogP contribution is -2.21. The van der Waals surface area contributed by atoms with Crippen molar-refractivity contribution in [2.75, 3.05) is 20.3 Å². The van der Waals surface area contributed by atoms with Crippen LogP contribution < -0.4 is 10.9 Å². The molecule has 6 heteroatoms. The molecule has 2 N–H and O–H groups in total. The number of hydrogen-bond donors (Lipinski definition) is 2. The summed E-state index contributed by atoms with van der Waals surface area (Å²) in [5.74, 6) is 0.0451. The molecule has 0 spiro atoms. The molecule has 0 aliphatic heterocycles. The highest BCUT2D eigenvalue weighted by Gasteiger charge is 2.06. The summed E-state index contributed by atoms with van der Waals surface area (Å²) in [4.78, 5) is 18.7. The third kappa shape index (κ3) is 4.21. The molecule has 1 aromatic carbocycles.